The van der Waals surface area contributed by atoms with Crippen molar-refractivity contribution >= 4 is 0 Å². The van der Waals surface area contributed by atoms with Crippen molar-refractivity contribution in [2.24, 2.45) is 0 Å². The summed E-state index contributed by atoms with van der Waals surface area (Å²) in [5.74, 6) is 2.21. The van der Waals surface area contributed by atoms with Crippen molar-refractivity contribution in [3.63, 3.8) is 0 Å². The number of hydrogen-bond donors (Lipinski definition) is 0. The van der Waals surface area contributed by atoms with E-state index in [1.807, 2.05) is 30.3 Å². The molecule has 0 amide bonds. The lowest BCUT2D eigenvalue weighted by Gasteiger charge is -2.12. The molecule has 1 aliphatic rings. The molecule has 418 valence electrons. The number of hydrogen-bond acceptors (Lipinski definition) is 13. The molecule has 25 nitrogen and oxygen atoms in total. The van der Waals surface area contributed by atoms with E-state index in [0.717, 1.165) is 60.4 Å². The molecule has 1 fully saturated rings. The van der Waals surface area contributed by atoms with Crippen LogP contribution in [0.2, 0.25) is 0 Å². The fourth-order valence-electron chi connectivity index (χ4n) is 7.42. The Morgan fingerprint density at radius 3 is 0.938 bits per heavy atom. The summed E-state index contributed by atoms with van der Waals surface area (Å²) >= 11 is 0. The minimum Gasteiger partial charge on any atom is -0.371 e. The molecule has 0 spiro atoms. The summed E-state index contributed by atoms with van der Waals surface area (Å²) < 4.78 is 16.5. The average molecular weight is 1100 g/mol. The SMILES string of the molecule is C#CCn1c(=O)n(CC=C)c(=O)n(CC=C)c1=O.C=CCn1c(=O)n(CC=C)c(=O)n(-c2ccccc2)c1=O.C=CCn1c(=O)n(CC=C)c(=O)n(CC2CO2)c1=O.C=CCn1c(=O)n(CC=C)c(=O)n(Cc2ccccc2)c1=O. The summed E-state index contributed by atoms with van der Waals surface area (Å²) in [6, 6.07) is 17.6. The van der Waals surface area contributed by atoms with Gasteiger partial charge in [-0.2, -0.15) is 0 Å². The molecule has 0 bridgehead atoms. The maximum absolute atomic E-state index is 12.4. The summed E-state index contributed by atoms with van der Waals surface area (Å²) in [5, 5.41) is 0. The van der Waals surface area contributed by atoms with Gasteiger partial charge in [0.1, 0.15) is 0 Å². The highest BCUT2D eigenvalue weighted by molar-refractivity contribution is 5.30. The Kier molecular flexibility index (Phi) is 23.1. The van der Waals surface area contributed by atoms with Crippen LogP contribution in [0.1, 0.15) is 5.56 Å². The summed E-state index contributed by atoms with van der Waals surface area (Å²) in [5.41, 5.74) is -6.84. The molecule has 0 N–H and O–H groups in total. The Hall–Kier alpha value is -10.5. The van der Waals surface area contributed by atoms with Gasteiger partial charge in [0.2, 0.25) is 0 Å². The highest BCUT2D eigenvalue weighted by atomic mass is 16.6. The number of benzene rings is 2. The fraction of sp³-hybridized carbons (Fsp3) is 0.236. The van der Waals surface area contributed by atoms with Crippen LogP contribution in [0.15, 0.2) is 219 Å². The van der Waals surface area contributed by atoms with Gasteiger partial charge in [0.15, 0.2) is 0 Å². The second-order valence-electron chi connectivity index (χ2n) is 16.7. The van der Waals surface area contributed by atoms with Crippen molar-refractivity contribution in [3.8, 4) is 18.0 Å². The van der Waals surface area contributed by atoms with Crippen molar-refractivity contribution in [2.75, 3.05) is 6.61 Å². The van der Waals surface area contributed by atoms with Crippen LogP contribution in [-0.2, 0) is 76.7 Å². The van der Waals surface area contributed by atoms with Gasteiger partial charge < -0.3 is 4.74 Å². The van der Waals surface area contributed by atoms with E-state index in [0.29, 0.717) is 12.3 Å². The monoisotopic (exact) mass is 1100 g/mol. The maximum atomic E-state index is 12.4. The molecule has 4 aromatic heterocycles. The zero-order valence-electron chi connectivity index (χ0n) is 43.9. The van der Waals surface area contributed by atoms with Crippen LogP contribution in [0.3, 0.4) is 0 Å². The molecule has 0 aliphatic carbocycles. The molecule has 0 saturated carbocycles. The topological polar surface area (TPSA) is 277 Å². The van der Waals surface area contributed by atoms with E-state index in [2.05, 4.69) is 58.6 Å². The number of aromatic nitrogens is 12. The lowest BCUT2D eigenvalue weighted by Crippen LogP contribution is -2.54. The minimum atomic E-state index is -0.733. The Morgan fingerprint density at radius 1 is 0.388 bits per heavy atom. The standard InChI is InChI=1S/C16H17N3O3.C15H15N3O3.C12H15N3O4.C12H13N3O3/c1-3-10-17-14(20)18(11-4-2)16(22)19(15(17)21)12-13-8-6-5-7-9-13;1-3-10-16-13(19)17(11-4-2)15(21)18(14(16)20)12-8-6-5-7-9-12;1-3-5-13-10(16)14(6-4-2)12(18)15(11(13)17)7-9-8-19-9;1-4-7-13-10(16)14(8-5-2)12(18)15(9-6-3)11(13)17/h3-9H,1-2,10-12H2;3-9H,1-2,10-11H2;3-4,9H,1-2,5-8H2;1,5-6H,2-3,7-9H2. The van der Waals surface area contributed by atoms with Crippen molar-refractivity contribution < 1.29 is 4.74 Å². The minimum absolute atomic E-state index is 0.0136. The Morgan fingerprint density at radius 2 is 0.650 bits per heavy atom. The molecule has 1 atom stereocenters. The summed E-state index contributed by atoms with van der Waals surface area (Å²) in [6.45, 7) is 28.9. The third kappa shape index (κ3) is 14.5. The second kappa shape index (κ2) is 29.7. The molecule has 1 aliphatic heterocycles. The number of ether oxygens (including phenoxy) is 1. The molecule has 1 saturated heterocycles. The van der Waals surface area contributed by atoms with Gasteiger partial charge in [-0.3, -0.25) is 0 Å². The van der Waals surface area contributed by atoms with Crippen LogP contribution >= 0.6 is 0 Å². The number of epoxide rings is 1. The van der Waals surface area contributed by atoms with Crippen LogP contribution in [0, 0.1) is 12.3 Å². The molecule has 80 heavy (non-hydrogen) atoms. The van der Waals surface area contributed by atoms with Crippen molar-refractivity contribution in [1.29, 1.82) is 0 Å². The average Bonchev–Trinajstić information content (AvgIpc) is 4.38. The van der Waals surface area contributed by atoms with E-state index in [4.69, 9.17) is 11.2 Å². The molecule has 2 aromatic carbocycles. The molecule has 7 rings (SSSR count). The van der Waals surface area contributed by atoms with Gasteiger partial charge in [0.05, 0.1) is 90.4 Å². The smallest absolute Gasteiger partial charge is 0.341 e. The maximum Gasteiger partial charge on any atom is 0.341 e. The molecular weight excluding hydrogens is 1040 g/mol. The van der Waals surface area contributed by atoms with Crippen LogP contribution in [-0.4, -0.2) is 67.5 Å². The van der Waals surface area contributed by atoms with Crippen LogP contribution in [0.5, 0.6) is 0 Å². The number of terminal acetylenes is 1. The van der Waals surface area contributed by atoms with Gasteiger partial charge in [-0.05, 0) is 17.7 Å². The predicted molar refractivity (Wildman–Crippen MR) is 304 cm³/mol. The van der Waals surface area contributed by atoms with Gasteiger partial charge in [0.25, 0.3) is 0 Å². The first kappa shape index (κ1) is 62.1. The van der Waals surface area contributed by atoms with Crippen LogP contribution in [0.25, 0.3) is 5.69 Å². The zero-order chi connectivity index (χ0) is 59.2. The summed E-state index contributed by atoms with van der Waals surface area (Å²) in [7, 11) is 0. The Balaban J connectivity index is 0.000000230. The highest BCUT2D eigenvalue weighted by Gasteiger charge is 2.26. The highest BCUT2D eigenvalue weighted by Crippen LogP contribution is 2.09. The molecule has 5 heterocycles. The first-order chi connectivity index (χ1) is 38.4. The Labute approximate surface area is 454 Å². The van der Waals surface area contributed by atoms with Crippen molar-refractivity contribution in [2.45, 2.75) is 78.1 Å². The van der Waals surface area contributed by atoms with Crippen LogP contribution in [0.4, 0.5) is 0 Å². The predicted octanol–water partition coefficient (Wildman–Crippen LogP) is -0.756. The second-order valence-corrected chi connectivity index (χ2v) is 16.7. The van der Waals surface area contributed by atoms with E-state index in [1.54, 1.807) is 30.3 Å². The normalized spacial score (nSPS) is 11.8. The summed E-state index contributed by atoms with van der Waals surface area (Å²) in [6.07, 6.45) is 16.4. The van der Waals surface area contributed by atoms with Gasteiger partial charge >= 0.3 is 68.3 Å². The number of allylic oxidation sites excluding steroid dienone is 8. The molecule has 25 heteroatoms. The van der Waals surface area contributed by atoms with Gasteiger partial charge in [-0.15, -0.1) is 59.1 Å². The van der Waals surface area contributed by atoms with Gasteiger partial charge in [0, 0.05) is 0 Å². The zero-order valence-corrected chi connectivity index (χ0v) is 43.9. The third-order valence-electron chi connectivity index (χ3n) is 11.2. The number of rotatable bonds is 22. The van der Waals surface area contributed by atoms with Crippen LogP contribution < -0.4 is 68.3 Å². The molecule has 6 aromatic rings. The van der Waals surface area contributed by atoms with Gasteiger partial charge in [-0.1, -0.05) is 103 Å². The lowest BCUT2D eigenvalue weighted by atomic mass is 10.2. The van der Waals surface area contributed by atoms with Crippen molar-refractivity contribution in [1.82, 2.24) is 54.8 Å². The first-order valence-corrected chi connectivity index (χ1v) is 24.2. The quantitative estimate of drug-likeness (QED) is 0.0460. The van der Waals surface area contributed by atoms with E-state index >= 15 is 0 Å². The largest absolute Gasteiger partial charge is 0.371 e. The number of nitrogens with zero attached hydrogens (tertiary/aromatic N) is 12. The van der Waals surface area contributed by atoms with Crippen molar-refractivity contribution in [3.05, 3.63) is 293 Å². The molecular formula is C55H60N12O13. The lowest BCUT2D eigenvalue weighted by molar-refractivity contribution is 0.362. The molecule has 1 unspecified atom stereocenters. The Bertz CT molecular complexity index is 3930. The first-order valence-electron chi connectivity index (χ1n) is 24.2. The fourth-order valence-corrected chi connectivity index (χ4v) is 7.42. The van der Waals surface area contributed by atoms with E-state index in [9.17, 15) is 57.5 Å². The third-order valence-corrected chi connectivity index (χ3v) is 11.2. The van der Waals surface area contributed by atoms with E-state index in [-0.39, 0.29) is 78.1 Å². The molecule has 0 radical (unpaired) electrons. The van der Waals surface area contributed by atoms with E-state index < -0.39 is 68.3 Å². The number of para-hydroxylation sites is 1. The van der Waals surface area contributed by atoms with Gasteiger partial charge in [-0.25, -0.2) is 112 Å². The van der Waals surface area contributed by atoms with E-state index in [1.165, 1.54) is 48.6 Å². The summed E-state index contributed by atoms with van der Waals surface area (Å²) in [4.78, 5) is 146.